The van der Waals surface area contributed by atoms with Crippen molar-refractivity contribution in [3.05, 3.63) is 23.8 Å². The third kappa shape index (κ3) is 4.15. The molecule has 1 aliphatic rings. The first kappa shape index (κ1) is 16.7. The fraction of sp³-hybridized carbons (Fsp3) is 0.611. The predicted octanol–water partition coefficient (Wildman–Crippen LogP) is 3.93. The number of hydrogen-bond donors (Lipinski definition) is 0. The van der Waals surface area contributed by atoms with Crippen LogP contribution < -0.4 is 9.47 Å². The second-order valence-electron chi connectivity index (χ2n) is 5.81. The number of esters is 1. The molecule has 1 aromatic rings. The van der Waals surface area contributed by atoms with Crippen LogP contribution in [0.3, 0.4) is 0 Å². The van der Waals surface area contributed by atoms with Crippen LogP contribution >= 0.6 is 0 Å². The fourth-order valence-electron chi connectivity index (χ4n) is 3.37. The van der Waals surface area contributed by atoms with Crippen LogP contribution in [0.2, 0.25) is 0 Å². The van der Waals surface area contributed by atoms with Crippen molar-refractivity contribution in [2.24, 2.45) is 5.92 Å². The molecule has 1 saturated carbocycles. The van der Waals surface area contributed by atoms with E-state index >= 15 is 0 Å². The Hall–Kier alpha value is -1.71. The maximum Gasteiger partial charge on any atom is 0.306 e. The second-order valence-corrected chi connectivity index (χ2v) is 5.81. The zero-order valence-corrected chi connectivity index (χ0v) is 13.8. The molecule has 0 amide bonds. The molecule has 122 valence electrons. The average molecular weight is 306 g/mol. The normalized spacial score (nSPS) is 21.2. The van der Waals surface area contributed by atoms with Gasteiger partial charge in [-0.1, -0.05) is 12.8 Å². The molecule has 0 spiro atoms. The Labute approximate surface area is 132 Å². The van der Waals surface area contributed by atoms with Crippen molar-refractivity contribution < 1.29 is 19.0 Å². The van der Waals surface area contributed by atoms with Gasteiger partial charge in [-0.2, -0.15) is 0 Å². The Morgan fingerprint density at radius 3 is 2.32 bits per heavy atom. The van der Waals surface area contributed by atoms with Crippen molar-refractivity contribution >= 4 is 5.97 Å². The lowest BCUT2D eigenvalue weighted by molar-refractivity contribution is -0.144. The van der Waals surface area contributed by atoms with Crippen molar-refractivity contribution in [2.45, 2.75) is 44.9 Å². The van der Waals surface area contributed by atoms with Gasteiger partial charge in [-0.05, 0) is 49.3 Å². The van der Waals surface area contributed by atoms with Gasteiger partial charge < -0.3 is 14.2 Å². The van der Waals surface area contributed by atoms with Gasteiger partial charge in [0.25, 0.3) is 0 Å². The number of carbonyl (C=O) groups is 1. The summed E-state index contributed by atoms with van der Waals surface area (Å²) in [5.41, 5.74) is 1.20. The van der Waals surface area contributed by atoms with Gasteiger partial charge in [0, 0.05) is 12.5 Å². The highest BCUT2D eigenvalue weighted by molar-refractivity contribution is 5.69. The van der Waals surface area contributed by atoms with Crippen LogP contribution in [-0.4, -0.2) is 26.8 Å². The molecule has 4 heteroatoms. The molecule has 0 N–H and O–H groups in total. The highest BCUT2D eigenvalue weighted by atomic mass is 16.5. The van der Waals surface area contributed by atoms with E-state index in [1.807, 2.05) is 13.0 Å². The minimum Gasteiger partial charge on any atom is -0.497 e. The number of benzene rings is 1. The number of carbonyl (C=O) groups excluding carboxylic acids is 1. The molecule has 0 unspecified atom stereocenters. The SMILES string of the molecule is CCOC(=O)C[C@H]1CCCC[C@H]1c1cc(OC)cc(OC)c1. The summed E-state index contributed by atoms with van der Waals surface area (Å²) in [6, 6.07) is 6.01. The van der Waals surface area contributed by atoms with Crippen LogP contribution in [-0.2, 0) is 9.53 Å². The molecule has 1 aliphatic carbocycles. The van der Waals surface area contributed by atoms with Gasteiger partial charge >= 0.3 is 5.97 Å². The Balaban J connectivity index is 2.21. The summed E-state index contributed by atoms with van der Waals surface area (Å²) in [5.74, 6) is 2.21. The number of ether oxygens (including phenoxy) is 3. The van der Waals surface area contributed by atoms with Gasteiger partial charge in [0.15, 0.2) is 0 Å². The van der Waals surface area contributed by atoms with Gasteiger partial charge in [-0.3, -0.25) is 4.79 Å². The maximum atomic E-state index is 11.9. The largest absolute Gasteiger partial charge is 0.497 e. The van der Waals surface area contributed by atoms with E-state index in [-0.39, 0.29) is 5.97 Å². The van der Waals surface area contributed by atoms with E-state index in [1.165, 1.54) is 18.4 Å². The molecule has 0 radical (unpaired) electrons. The summed E-state index contributed by atoms with van der Waals surface area (Å²) in [6.07, 6.45) is 5.05. The molecule has 1 aromatic carbocycles. The van der Waals surface area contributed by atoms with Crippen LogP contribution in [0.1, 0.15) is 50.5 Å². The Kier molecular flexibility index (Phi) is 6.10. The molecule has 2 rings (SSSR count). The fourth-order valence-corrected chi connectivity index (χ4v) is 3.37. The minimum atomic E-state index is -0.0886. The van der Waals surface area contributed by atoms with Gasteiger partial charge in [0.1, 0.15) is 11.5 Å². The highest BCUT2D eigenvalue weighted by Gasteiger charge is 2.29. The van der Waals surface area contributed by atoms with Crippen LogP contribution in [0.15, 0.2) is 18.2 Å². The van der Waals surface area contributed by atoms with Crippen molar-refractivity contribution in [3.63, 3.8) is 0 Å². The minimum absolute atomic E-state index is 0.0886. The molecule has 1 fully saturated rings. The Bertz CT molecular complexity index is 476. The third-order valence-electron chi connectivity index (χ3n) is 4.45. The van der Waals surface area contributed by atoms with Crippen LogP contribution in [0.5, 0.6) is 11.5 Å². The molecule has 0 aromatic heterocycles. The number of hydrogen-bond acceptors (Lipinski definition) is 4. The van der Waals surface area contributed by atoms with E-state index in [9.17, 15) is 4.79 Å². The van der Waals surface area contributed by atoms with E-state index in [1.54, 1.807) is 14.2 Å². The van der Waals surface area contributed by atoms with E-state index in [4.69, 9.17) is 14.2 Å². The lowest BCUT2D eigenvalue weighted by Crippen LogP contribution is -2.22. The second kappa shape index (κ2) is 8.06. The molecular weight excluding hydrogens is 280 g/mol. The predicted molar refractivity (Wildman–Crippen MR) is 85.5 cm³/mol. The van der Waals surface area contributed by atoms with Gasteiger partial charge in [-0.15, -0.1) is 0 Å². The summed E-state index contributed by atoms with van der Waals surface area (Å²) >= 11 is 0. The molecule has 22 heavy (non-hydrogen) atoms. The lowest BCUT2D eigenvalue weighted by Gasteiger charge is -2.31. The quantitative estimate of drug-likeness (QED) is 0.747. The number of rotatable bonds is 6. The topological polar surface area (TPSA) is 44.8 Å². The molecule has 2 atom stereocenters. The van der Waals surface area contributed by atoms with Gasteiger partial charge in [0.05, 0.1) is 20.8 Å². The van der Waals surface area contributed by atoms with Crippen LogP contribution in [0, 0.1) is 5.92 Å². The Morgan fingerprint density at radius 2 is 1.73 bits per heavy atom. The highest BCUT2D eigenvalue weighted by Crippen LogP contribution is 2.41. The number of methoxy groups -OCH3 is 2. The first-order valence-corrected chi connectivity index (χ1v) is 8.06. The van der Waals surface area contributed by atoms with Gasteiger partial charge in [0.2, 0.25) is 0 Å². The molecule has 0 aliphatic heterocycles. The smallest absolute Gasteiger partial charge is 0.306 e. The maximum absolute atomic E-state index is 11.9. The van der Waals surface area contributed by atoms with Crippen molar-refractivity contribution in [2.75, 3.05) is 20.8 Å². The summed E-state index contributed by atoms with van der Waals surface area (Å²) < 4.78 is 15.9. The zero-order chi connectivity index (χ0) is 15.9. The van der Waals surface area contributed by atoms with Crippen LogP contribution in [0.4, 0.5) is 0 Å². The van der Waals surface area contributed by atoms with E-state index in [2.05, 4.69) is 12.1 Å². The Morgan fingerprint density at radius 1 is 1.09 bits per heavy atom. The standard InChI is InChI=1S/C18H26O4/c1-4-22-18(19)11-13-7-5-6-8-17(13)14-9-15(20-2)12-16(10-14)21-3/h9-10,12-13,17H,4-8,11H2,1-3H3/t13-,17-/m1/s1. The van der Waals surface area contributed by atoms with E-state index in [0.717, 1.165) is 24.3 Å². The lowest BCUT2D eigenvalue weighted by atomic mass is 9.74. The summed E-state index contributed by atoms with van der Waals surface area (Å²) in [5, 5.41) is 0. The first-order valence-electron chi connectivity index (χ1n) is 8.06. The zero-order valence-electron chi connectivity index (χ0n) is 13.8. The first-order chi connectivity index (χ1) is 10.7. The average Bonchev–Trinajstić information content (AvgIpc) is 2.55. The van der Waals surface area contributed by atoms with Crippen molar-refractivity contribution in [1.82, 2.24) is 0 Å². The summed E-state index contributed by atoms with van der Waals surface area (Å²) in [6.45, 7) is 2.30. The third-order valence-corrected chi connectivity index (χ3v) is 4.45. The molecular formula is C18H26O4. The molecule has 0 heterocycles. The molecule has 0 saturated heterocycles. The van der Waals surface area contributed by atoms with Crippen molar-refractivity contribution in [1.29, 1.82) is 0 Å². The van der Waals surface area contributed by atoms with Crippen LogP contribution in [0.25, 0.3) is 0 Å². The molecule has 4 nitrogen and oxygen atoms in total. The summed E-state index contributed by atoms with van der Waals surface area (Å²) in [4.78, 5) is 11.9. The van der Waals surface area contributed by atoms with E-state index < -0.39 is 0 Å². The van der Waals surface area contributed by atoms with Gasteiger partial charge in [-0.25, -0.2) is 0 Å². The van der Waals surface area contributed by atoms with E-state index in [0.29, 0.717) is 24.9 Å². The summed E-state index contributed by atoms with van der Waals surface area (Å²) in [7, 11) is 3.32. The molecule has 0 bridgehead atoms. The van der Waals surface area contributed by atoms with Crippen molar-refractivity contribution in [3.8, 4) is 11.5 Å². The monoisotopic (exact) mass is 306 g/mol.